The maximum Gasteiger partial charge on any atom is 0.252 e. The third-order valence-corrected chi connectivity index (χ3v) is 2.34. The molecule has 0 bridgehead atoms. The molecule has 1 aromatic carbocycles. The zero-order valence-corrected chi connectivity index (χ0v) is 9.11. The fourth-order valence-electron chi connectivity index (χ4n) is 1.49. The molecule has 0 unspecified atom stereocenters. The minimum absolute atomic E-state index is 0.214. The summed E-state index contributed by atoms with van der Waals surface area (Å²) in [6, 6.07) is 7.98. The number of rotatable bonds is 4. The number of hydrogen-bond donors (Lipinski definition) is 2. The first-order chi connectivity index (χ1) is 8.25. The number of aromatic amines is 1. The van der Waals surface area contributed by atoms with Crippen molar-refractivity contribution in [3.05, 3.63) is 58.4 Å². The Kier molecular flexibility index (Phi) is 3.49. The van der Waals surface area contributed by atoms with Crippen LogP contribution < -0.4 is 10.9 Å². The molecule has 0 saturated heterocycles. The van der Waals surface area contributed by atoms with E-state index in [4.69, 9.17) is 0 Å². The van der Waals surface area contributed by atoms with Gasteiger partial charge in [0.05, 0.1) is 6.33 Å². The van der Waals surface area contributed by atoms with Crippen LogP contribution >= 0.6 is 0 Å². The molecule has 0 saturated carbocycles. The van der Waals surface area contributed by atoms with Crippen molar-refractivity contribution in [2.24, 2.45) is 0 Å². The SMILES string of the molecule is O=c1cc(NCCc2ccccc2F)nc[nH]1. The Morgan fingerprint density at radius 2 is 2.18 bits per heavy atom. The fourth-order valence-corrected chi connectivity index (χ4v) is 1.49. The summed E-state index contributed by atoms with van der Waals surface area (Å²) in [7, 11) is 0. The van der Waals surface area contributed by atoms with Gasteiger partial charge in [0.15, 0.2) is 0 Å². The highest BCUT2D eigenvalue weighted by molar-refractivity contribution is 5.32. The van der Waals surface area contributed by atoms with E-state index in [1.807, 2.05) is 0 Å². The van der Waals surface area contributed by atoms with Gasteiger partial charge in [-0.15, -0.1) is 0 Å². The summed E-state index contributed by atoms with van der Waals surface area (Å²) in [6.45, 7) is 0.525. The topological polar surface area (TPSA) is 57.8 Å². The molecular weight excluding hydrogens is 221 g/mol. The standard InChI is InChI=1S/C12H12FN3O/c13-10-4-2-1-3-9(10)5-6-14-11-7-12(17)16-8-15-11/h1-4,7-8H,5-6H2,(H2,14,15,16,17). The lowest BCUT2D eigenvalue weighted by Gasteiger charge is -2.05. The molecule has 0 radical (unpaired) electrons. The van der Waals surface area contributed by atoms with Crippen LogP contribution in [-0.2, 0) is 6.42 Å². The van der Waals surface area contributed by atoms with Crippen LogP contribution in [0.15, 0.2) is 41.5 Å². The first kappa shape index (κ1) is 11.3. The average Bonchev–Trinajstić information content (AvgIpc) is 2.32. The molecule has 2 rings (SSSR count). The van der Waals surface area contributed by atoms with Gasteiger partial charge in [-0.2, -0.15) is 0 Å². The predicted molar refractivity (Wildman–Crippen MR) is 63.5 cm³/mol. The van der Waals surface area contributed by atoms with E-state index >= 15 is 0 Å². The van der Waals surface area contributed by atoms with Crippen molar-refractivity contribution in [3.8, 4) is 0 Å². The molecule has 1 aromatic heterocycles. The first-order valence-electron chi connectivity index (χ1n) is 5.28. The van der Waals surface area contributed by atoms with Crippen molar-refractivity contribution in [1.82, 2.24) is 9.97 Å². The Balaban J connectivity index is 1.92. The number of aromatic nitrogens is 2. The Bertz CT molecular complexity index is 553. The van der Waals surface area contributed by atoms with Gasteiger partial charge in [-0.3, -0.25) is 4.79 Å². The van der Waals surface area contributed by atoms with Gasteiger partial charge in [0.25, 0.3) is 5.56 Å². The molecule has 17 heavy (non-hydrogen) atoms. The molecule has 2 N–H and O–H groups in total. The van der Waals surface area contributed by atoms with Crippen molar-refractivity contribution in [2.75, 3.05) is 11.9 Å². The number of hydrogen-bond acceptors (Lipinski definition) is 3. The fraction of sp³-hybridized carbons (Fsp3) is 0.167. The van der Waals surface area contributed by atoms with Crippen LogP contribution in [0.4, 0.5) is 10.2 Å². The summed E-state index contributed by atoms with van der Waals surface area (Å²) >= 11 is 0. The Hall–Kier alpha value is -2.17. The van der Waals surface area contributed by atoms with Crippen LogP contribution in [0.5, 0.6) is 0 Å². The zero-order chi connectivity index (χ0) is 12.1. The second-order valence-electron chi connectivity index (χ2n) is 3.56. The van der Waals surface area contributed by atoms with Crippen molar-refractivity contribution in [1.29, 1.82) is 0 Å². The van der Waals surface area contributed by atoms with Gasteiger partial charge in [-0.25, -0.2) is 9.37 Å². The second kappa shape index (κ2) is 5.25. The molecule has 0 aliphatic carbocycles. The monoisotopic (exact) mass is 233 g/mol. The molecule has 1 heterocycles. The number of benzene rings is 1. The highest BCUT2D eigenvalue weighted by Crippen LogP contribution is 2.07. The maximum atomic E-state index is 13.3. The summed E-state index contributed by atoms with van der Waals surface area (Å²) in [4.78, 5) is 17.3. The molecule has 4 nitrogen and oxygen atoms in total. The van der Waals surface area contributed by atoms with E-state index in [1.54, 1.807) is 18.2 Å². The molecule has 88 valence electrons. The van der Waals surface area contributed by atoms with Gasteiger partial charge in [0, 0.05) is 12.6 Å². The highest BCUT2D eigenvalue weighted by atomic mass is 19.1. The third-order valence-electron chi connectivity index (χ3n) is 2.34. The number of H-pyrrole nitrogens is 1. The summed E-state index contributed by atoms with van der Waals surface area (Å²) in [5.74, 6) is 0.276. The van der Waals surface area contributed by atoms with E-state index in [-0.39, 0.29) is 11.4 Å². The van der Waals surface area contributed by atoms with Gasteiger partial charge in [0.1, 0.15) is 11.6 Å². The highest BCUT2D eigenvalue weighted by Gasteiger charge is 2.00. The summed E-state index contributed by atoms with van der Waals surface area (Å²) in [5.41, 5.74) is 0.429. The number of anilines is 1. The molecule has 0 fully saturated rings. The number of nitrogens with one attached hydrogen (secondary N) is 2. The van der Waals surface area contributed by atoms with Crippen LogP contribution in [0, 0.1) is 5.82 Å². The van der Waals surface area contributed by atoms with Gasteiger partial charge in [-0.1, -0.05) is 18.2 Å². The molecule has 0 amide bonds. The van der Waals surface area contributed by atoms with E-state index in [0.717, 1.165) is 0 Å². The van der Waals surface area contributed by atoms with E-state index in [1.165, 1.54) is 18.5 Å². The van der Waals surface area contributed by atoms with Gasteiger partial charge < -0.3 is 10.3 Å². The Morgan fingerprint density at radius 3 is 2.94 bits per heavy atom. The van der Waals surface area contributed by atoms with Crippen molar-refractivity contribution in [2.45, 2.75) is 6.42 Å². The number of nitrogens with zero attached hydrogens (tertiary/aromatic N) is 1. The van der Waals surface area contributed by atoms with Gasteiger partial charge in [-0.05, 0) is 18.1 Å². The van der Waals surface area contributed by atoms with Gasteiger partial charge in [0.2, 0.25) is 0 Å². The Labute approximate surface area is 97.5 Å². The minimum Gasteiger partial charge on any atom is -0.370 e. The van der Waals surface area contributed by atoms with Crippen LogP contribution in [-0.4, -0.2) is 16.5 Å². The summed E-state index contributed by atoms with van der Waals surface area (Å²) in [5, 5.41) is 2.96. The molecule has 0 aliphatic rings. The van der Waals surface area contributed by atoms with Gasteiger partial charge >= 0.3 is 0 Å². The lowest BCUT2D eigenvalue weighted by Crippen LogP contribution is -2.11. The molecular formula is C12H12FN3O. The smallest absolute Gasteiger partial charge is 0.252 e. The van der Waals surface area contributed by atoms with E-state index in [0.29, 0.717) is 24.3 Å². The molecule has 0 aliphatic heterocycles. The van der Waals surface area contributed by atoms with Crippen LogP contribution in [0.1, 0.15) is 5.56 Å². The van der Waals surface area contributed by atoms with E-state index < -0.39 is 0 Å². The van der Waals surface area contributed by atoms with Crippen molar-refractivity contribution >= 4 is 5.82 Å². The first-order valence-corrected chi connectivity index (χ1v) is 5.28. The number of halogens is 1. The third kappa shape index (κ3) is 3.14. The molecule has 2 aromatic rings. The molecule has 0 atom stereocenters. The predicted octanol–water partition coefficient (Wildman–Crippen LogP) is 1.56. The lowest BCUT2D eigenvalue weighted by atomic mass is 10.1. The van der Waals surface area contributed by atoms with Crippen LogP contribution in [0.3, 0.4) is 0 Å². The largest absolute Gasteiger partial charge is 0.370 e. The Morgan fingerprint density at radius 1 is 1.35 bits per heavy atom. The average molecular weight is 233 g/mol. The normalized spacial score (nSPS) is 10.2. The van der Waals surface area contributed by atoms with E-state index in [9.17, 15) is 9.18 Å². The summed E-state index contributed by atoms with van der Waals surface area (Å²) < 4.78 is 13.3. The molecule has 5 heteroatoms. The summed E-state index contributed by atoms with van der Waals surface area (Å²) in [6.07, 6.45) is 1.87. The quantitative estimate of drug-likeness (QED) is 0.842. The minimum atomic E-state index is -0.215. The van der Waals surface area contributed by atoms with Crippen LogP contribution in [0.25, 0.3) is 0 Å². The van der Waals surface area contributed by atoms with Crippen molar-refractivity contribution < 1.29 is 4.39 Å². The zero-order valence-electron chi connectivity index (χ0n) is 9.11. The van der Waals surface area contributed by atoms with E-state index in [2.05, 4.69) is 15.3 Å². The molecule has 0 spiro atoms. The second-order valence-corrected chi connectivity index (χ2v) is 3.56. The lowest BCUT2D eigenvalue weighted by molar-refractivity contribution is 0.610. The van der Waals surface area contributed by atoms with Crippen LogP contribution in [0.2, 0.25) is 0 Å². The maximum absolute atomic E-state index is 13.3. The van der Waals surface area contributed by atoms with Crippen molar-refractivity contribution in [3.63, 3.8) is 0 Å².